The van der Waals surface area contributed by atoms with E-state index in [2.05, 4.69) is 9.71 Å². The zero-order valence-electron chi connectivity index (χ0n) is 15.6. The van der Waals surface area contributed by atoms with Crippen molar-refractivity contribution in [1.82, 2.24) is 9.71 Å². The first-order valence-corrected chi connectivity index (χ1v) is 10.3. The highest BCUT2D eigenvalue weighted by Gasteiger charge is 2.34. The Morgan fingerprint density at radius 2 is 1.81 bits per heavy atom. The first-order valence-electron chi connectivity index (χ1n) is 8.75. The van der Waals surface area contributed by atoms with Gasteiger partial charge in [-0.25, -0.2) is 18.1 Å². The Bertz CT molecular complexity index is 851. The molecule has 0 saturated carbocycles. The van der Waals surface area contributed by atoms with Gasteiger partial charge < -0.3 is 14.2 Å². The van der Waals surface area contributed by atoms with Crippen LogP contribution in [-0.2, 0) is 14.8 Å². The Morgan fingerprint density at radius 3 is 2.41 bits per heavy atom. The maximum Gasteiger partial charge on any atom is 0.214 e. The molecule has 0 unspecified atom stereocenters. The number of pyridine rings is 1. The average Bonchev–Trinajstić information content (AvgIpc) is 3.08. The quantitative estimate of drug-likeness (QED) is 0.778. The lowest BCUT2D eigenvalue weighted by molar-refractivity contribution is 0.140. The summed E-state index contributed by atoms with van der Waals surface area (Å²) in [5.41, 5.74) is 1.96. The van der Waals surface area contributed by atoms with E-state index < -0.39 is 21.3 Å². The standard InChI is InChI=1S/C19H24N2O5S/c1-13(2)27(22,23)21-17-11-25-12-18(17)26-16-7-4-14(5-8-16)15-6-9-19(24-3)20-10-15/h4-10,13,17-18,21H,11-12H2,1-3H3/t17-,18+/m1/s1. The highest BCUT2D eigenvalue weighted by molar-refractivity contribution is 7.90. The van der Waals surface area contributed by atoms with E-state index in [-0.39, 0.29) is 6.10 Å². The van der Waals surface area contributed by atoms with E-state index in [1.165, 1.54) is 0 Å². The summed E-state index contributed by atoms with van der Waals surface area (Å²) in [6.45, 7) is 3.92. The number of hydrogen-bond donors (Lipinski definition) is 1. The van der Waals surface area contributed by atoms with E-state index in [1.54, 1.807) is 33.2 Å². The molecule has 0 amide bonds. The lowest BCUT2D eigenvalue weighted by Crippen LogP contribution is -2.47. The molecular formula is C19H24N2O5S. The summed E-state index contributed by atoms with van der Waals surface area (Å²) in [5, 5.41) is -0.504. The number of nitrogens with zero attached hydrogens (tertiary/aromatic N) is 1. The van der Waals surface area contributed by atoms with Gasteiger partial charge in [0.1, 0.15) is 11.9 Å². The summed E-state index contributed by atoms with van der Waals surface area (Å²) >= 11 is 0. The zero-order chi connectivity index (χ0) is 19.4. The number of aromatic nitrogens is 1. The van der Waals surface area contributed by atoms with Gasteiger partial charge in [-0.1, -0.05) is 12.1 Å². The van der Waals surface area contributed by atoms with Crippen LogP contribution in [0.1, 0.15) is 13.8 Å². The normalized spacial score (nSPS) is 20.0. The number of rotatable bonds is 7. The number of ether oxygens (including phenoxy) is 3. The minimum Gasteiger partial charge on any atom is -0.486 e. The van der Waals surface area contributed by atoms with Gasteiger partial charge in [0.05, 0.1) is 31.6 Å². The van der Waals surface area contributed by atoms with Crippen molar-refractivity contribution in [2.45, 2.75) is 31.2 Å². The molecule has 146 valence electrons. The van der Waals surface area contributed by atoms with Crippen molar-refractivity contribution < 1.29 is 22.6 Å². The van der Waals surface area contributed by atoms with E-state index in [0.717, 1.165) is 11.1 Å². The maximum atomic E-state index is 12.1. The fourth-order valence-corrected chi connectivity index (χ4v) is 3.59. The van der Waals surface area contributed by atoms with E-state index in [1.807, 2.05) is 30.3 Å². The molecule has 1 saturated heterocycles. The maximum absolute atomic E-state index is 12.1. The molecule has 0 spiro atoms. The molecule has 0 aliphatic carbocycles. The van der Waals surface area contributed by atoms with Crippen molar-refractivity contribution in [2.75, 3.05) is 20.3 Å². The van der Waals surface area contributed by atoms with Gasteiger partial charge in [-0.2, -0.15) is 0 Å². The van der Waals surface area contributed by atoms with Gasteiger partial charge in [0.15, 0.2) is 0 Å². The molecule has 1 aromatic carbocycles. The van der Waals surface area contributed by atoms with Crippen molar-refractivity contribution in [3.8, 4) is 22.8 Å². The van der Waals surface area contributed by atoms with Crippen LogP contribution < -0.4 is 14.2 Å². The largest absolute Gasteiger partial charge is 0.486 e. The molecule has 8 heteroatoms. The number of hydrogen-bond acceptors (Lipinski definition) is 6. The third-order valence-electron chi connectivity index (χ3n) is 4.39. The Labute approximate surface area is 159 Å². The van der Waals surface area contributed by atoms with E-state index in [0.29, 0.717) is 24.8 Å². The Balaban J connectivity index is 1.66. The molecule has 0 radical (unpaired) electrons. The van der Waals surface area contributed by atoms with Crippen LogP contribution in [0.25, 0.3) is 11.1 Å². The van der Waals surface area contributed by atoms with Crippen LogP contribution in [0.3, 0.4) is 0 Å². The fraction of sp³-hybridized carbons (Fsp3) is 0.421. The molecule has 7 nitrogen and oxygen atoms in total. The Hall–Kier alpha value is -2.16. The Morgan fingerprint density at radius 1 is 1.11 bits per heavy atom. The second-order valence-corrected chi connectivity index (χ2v) is 8.89. The van der Waals surface area contributed by atoms with Crippen LogP contribution in [-0.4, -0.2) is 51.1 Å². The minimum absolute atomic E-state index is 0.298. The van der Waals surface area contributed by atoms with Crippen LogP contribution in [0, 0.1) is 0 Å². The molecular weight excluding hydrogens is 368 g/mol. The van der Waals surface area contributed by atoms with Crippen molar-refractivity contribution in [3.05, 3.63) is 42.6 Å². The number of methoxy groups -OCH3 is 1. The second-order valence-electron chi connectivity index (χ2n) is 6.63. The minimum atomic E-state index is -3.38. The van der Waals surface area contributed by atoms with Gasteiger partial charge in [-0.05, 0) is 37.6 Å². The SMILES string of the molecule is COc1ccc(-c2ccc(O[C@H]3COC[C@H]3NS(=O)(=O)C(C)C)cc2)cn1. The first kappa shape index (κ1) is 19.6. The number of benzene rings is 1. The van der Waals surface area contributed by atoms with Gasteiger partial charge in [0, 0.05) is 17.8 Å². The lowest BCUT2D eigenvalue weighted by atomic mass is 10.1. The predicted molar refractivity (Wildman–Crippen MR) is 102 cm³/mol. The third-order valence-corrected chi connectivity index (χ3v) is 6.26. The molecule has 2 aromatic rings. The van der Waals surface area contributed by atoms with Gasteiger partial charge in [-0.3, -0.25) is 0 Å². The molecule has 0 bridgehead atoms. The van der Waals surface area contributed by atoms with E-state index >= 15 is 0 Å². The van der Waals surface area contributed by atoms with Gasteiger partial charge in [0.25, 0.3) is 0 Å². The second kappa shape index (κ2) is 8.24. The van der Waals surface area contributed by atoms with Crippen molar-refractivity contribution in [3.63, 3.8) is 0 Å². The summed E-state index contributed by atoms with van der Waals surface area (Å²) in [5.74, 6) is 1.22. The Kier molecular flexibility index (Phi) is 5.98. The third kappa shape index (κ3) is 4.77. The fourth-order valence-electron chi connectivity index (χ4n) is 2.68. The lowest BCUT2D eigenvalue weighted by Gasteiger charge is -2.21. The highest BCUT2D eigenvalue weighted by Crippen LogP contribution is 2.25. The van der Waals surface area contributed by atoms with Crippen LogP contribution in [0.5, 0.6) is 11.6 Å². The van der Waals surface area contributed by atoms with Crippen molar-refractivity contribution >= 4 is 10.0 Å². The average molecular weight is 392 g/mol. The highest BCUT2D eigenvalue weighted by atomic mass is 32.2. The number of nitrogens with one attached hydrogen (secondary N) is 1. The monoisotopic (exact) mass is 392 g/mol. The van der Waals surface area contributed by atoms with Crippen molar-refractivity contribution in [1.29, 1.82) is 0 Å². The van der Waals surface area contributed by atoms with E-state index in [9.17, 15) is 8.42 Å². The molecule has 3 rings (SSSR count). The van der Waals surface area contributed by atoms with Crippen LogP contribution in [0.2, 0.25) is 0 Å². The summed E-state index contributed by atoms with van der Waals surface area (Å²) in [4.78, 5) is 4.20. The molecule has 1 N–H and O–H groups in total. The molecule has 1 fully saturated rings. The smallest absolute Gasteiger partial charge is 0.214 e. The topological polar surface area (TPSA) is 86.8 Å². The molecule has 27 heavy (non-hydrogen) atoms. The van der Waals surface area contributed by atoms with Gasteiger partial charge >= 0.3 is 0 Å². The van der Waals surface area contributed by atoms with Crippen molar-refractivity contribution in [2.24, 2.45) is 0 Å². The summed E-state index contributed by atoms with van der Waals surface area (Å²) < 4.78 is 43.3. The summed E-state index contributed by atoms with van der Waals surface area (Å²) in [7, 11) is -1.80. The molecule has 1 aliphatic heterocycles. The number of sulfonamides is 1. The van der Waals surface area contributed by atoms with E-state index in [4.69, 9.17) is 14.2 Å². The molecule has 1 aromatic heterocycles. The van der Waals surface area contributed by atoms with Crippen LogP contribution in [0.4, 0.5) is 0 Å². The molecule has 2 heterocycles. The first-order chi connectivity index (χ1) is 12.9. The zero-order valence-corrected chi connectivity index (χ0v) is 16.4. The van der Waals surface area contributed by atoms with Crippen LogP contribution in [0.15, 0.2) is 42.6 Å². The predicted octanol–water partition coefficient (Wildman–Crippen LogP) is 2.23. The summed E-state index contributed by atoms with van der Waals surface area (Å²) in [6, 6.07) is 10.9. The summed E-state index contributed by atoms with van der Waals surface area (Å²) in [6.07, 6.45) is 1.38. The molecule has 2 atom stereocenters. The molecule has 1 aliphatic rings. The van der Waals surface area contributed by atoms with Crippen LogP contribution >= 0.6 is 0 Å². The van der Waals surface area contributed by atoms with Gasteiger partial charge in [0.2, 0.25) is 15.9 Å². The van der Waals surface area contributed by atoms with Gasteiger partial charge in [-0.15, -0.1) is 0 Å².